The van der Waals surface area contributed by atoms with Gasteiger partial charge in [-0.15, -0.1) is 16.9 Å². The molecule has 3 nitrogen and oxygen atoms in total. The largest absolute Gasteiger partial charge is 0.252 e. The summed E-state index contributed by atoms with van der Waals surface area (Å²) in [6.45, 7) is 0.930. The number of fused-ring (bicyclic) bond motifs is 1. The van der Waals surface area contributed by atoms with E-state index in [9.17, 15) is 0 Å². The van der Waals surface area contributed by atoms with E-state index in [4.69, 9.17) is 0 Å². The fourth-order valence-corrected chi connectivity index (χ4v) is 3.89. The molecular weight excluding hydrogens is 310 g/mol. The van der Waals surface area contributed by atoms with Gasteiger partial charge < -0.3 is 0 Å². The summed E-state index contributed by atoms with van der Waals surface area (Å²) in [4.78, 5) is 1.42. The predicted molar refractivity (Wildman–Crippen MR) is 77.4 cm³/mol. The third-order valence-electron chi connectivity index (χ3n) is 3.14. The fourth-order valence-electron chi connectivity index (χ4n) is 2.25. The van der Waals surface area contributed by atoms with Crippen molar-refractivity contribution in [1.29, 1.82) is 0 Å². The van der Waals surface area contributed by atoms with Gasteiger partial charge >= 0.3 is 0 Å². The normalized spacial score (nSPS) is 17.9. The van der Waals surface area contributed by atoms with Gasteiger partial charge in [-0.2, -0.15) is 0 Å². The minimum atomic E-state index is 0.560. The van der Waals surface area contributed by atoms with E-state index in [2.05, 4.69) is 56.7 Å². The number of hydrogen-bond donors (Lipinski definition) is 0. The molecule has 0 aliphatic carbocycles. The standard InChI is InChI=1S/C13H14BrN3S/c14-6-5-11-8-17(16-15-11)7-10-9-18-13-4-2-1-3-12(10)13/h1-4,8,10H,5-7,9H2. The summed E-state index contributed by atoms with van der Waals surface area (Å²) in [6.07, 6.45) is 3.00. The zero-order chi connectivity index (χ0) is 12.4. The van der Waals surface area contributed by atoms with Crippen molar-refractivity contribution < 1.29 is 0 Å². The van der Waals surface area contributed by atoms with Crippen LogP contribution in [0.1, 0.15) is 17.2 Å². The second-order valence-corrected chi connectivity index (χ2v) is 6.27. The van der Waals surface area contributed by atoms with E-state index in [0.29, 0.717) is 5.92 Å². The van der Waals surface area contributed by atoms with E-state index in [0.717, 1.165) is 29.7 Å². The Kier molecular flexibility index (Phi) is 3.70. The van der Waals surface area contributed by atoms with Crippen molar-refractivity contribution >= 4 is 27.7 Å². The molecule has 0 saturated carbocycles. The summed E-state index contributed by atoms with van der Waals surface area (Å²) in [5.74, 6) is 1.71. The Hall–Kier alpha value is -0.810. The van der Waals surface area contributed by atoms with Crippen LogP contribution in [0.4, 0.5) is 0 Å². The third-order valence-corrected chi connectivity index (χ3v) is 4.79. The van der Waals surface area contributed by atoms with E-state index >= 15 is 0 Å². The number of aryl methyl sites for hydroxylation is 1. The van der Waals surface area contributed by atoms with Gasteiger partial charge in [-0.3, -0.25) is 4.68 Å². The first kappa shape index (κ1) is 12.2. The molecule has 2 heterocycles. The number of alkyl halides is 1. The van der Waals surface area contributed by atoms with Crippen LogP contribution in [0.2, 0.25) is 0 Å². The van der Waals surface area contributed by atoms with Crippen molar-refractivity contribution in [3.05, 3.63) is 41.7 Å². The maximum atomic E-state index is 4.21. The number of aromatic nitrogens is 3. The molecule has 1 aromatic carbocycles. The van der Waals surface area contributed by atoms with Gasteiger partial charge in [-0.1, -0.05) is 39.3 Å². The molecule has 94 valence electrons. The predicted octanol–water partition coefficient (Wildman–Crippen LogP) is 3.11. The highest BCUT2D eigenvalue weighted by molar-refractivity contribution is 9.09. The summed E-state index contributed by atoms with van der Waals surface area (Å²) < 4.78 is 1.98. The molecule has 1 unspecified atom stereocenters. The Morgan fingerprint density at radius 1 is 1.39 bits per heavy atom. The fraction of sp³-hybridized carbons (Fsp3) is 0.385. The lowest BCUT2D eigenvalue weighted by Crippen LogP contribution is -2.09. The Balaban J connectivity index is 1.73. The van der Waals surface area contributed by atoms with Crippen molar-refractivity contribution in [2.75, 3.05) is 11.1 Å². The van der Waals surface area contributed by atoms with Crippen molar-refractivity contribution in [2.45, 2.75) is 23.8 Å². The van der Waals surface area contributed by atoms with Gasteiger partial charge in [0, 0.05) is 34.5 Å². The molecule has 1 aliphatic heterocycles. The van der Waals surface area contributed by atoms with Crippen LogP contribution in [0.15, 0.2) is 35.4 Å². The van der Waals surface area contributed by atoms with Crippen molar-refractivity contribution in [3.63, 3.8) is 0 Å². The van der Waals surface area contributed by atoms with Gasteiger partial charge in [-0.05, 0) is 11.6 Å². The molecule has 18 heavy (non-hydrogen) atoms. The lowest BCUT2D eigenvalue weighted by atomic mass is 10.0. The van der Waals surface area contributed by atoms with E-state index in [1.807, 2.05) is 16.4 Å². The van der Waals surface area contributed by atoms with Crippen molar-refractivity contribution in [2.24, 2.45) is 0 Å². The first-order valence-electron chi connectivity index (χ1n) is 6.03. The average molecular weight is 324 g/mol. The second-order valence-electron chi connectivity index (χ2n) is 4.42. The smallest absolute Gasteiger partial charge is 0.0835 e. The molecule has 0 spiro atoms. The van der Waals surface area contributed by atoms with Gasteiger partial charge in [0.1, 0.15) is 0 Å². The van der Waals surface area contributed by atoms with Crippen LogP contribution in [0.5, 0.6) is 0 Å². The van der Waals surface area contributed by atoms with Crippen LogP contribution in [-0.2, 0) is 13.0 Å². The number of benzene rings is 1. The molecule has 1 aliphatic rings. The molecule has 0 fully saturated rings. The molecule has 0 saturated heterocycles. The highest BCUT2D eigenvalue weighted by Gasteiger charge is 2.23. The molecule has 0 radical (unpaired) electrons. The molecule has 0 N–H and O–H groups in total. The Morgan fingerprint density at radius 3 is 3.17 bits per heavy atom. The topological polar surface area (TPSA) is 30.7 Å². The second kappa shape index (κ2) is 5.45. The Labute approximate surface area is 119 Å². The lowest BCUT2D eigenvalue weighted by Gasteiger charge is -2.09. The molecule has 0 bridgehead atoms. The van der Waals surface area contributed by atoms with Crippen molar-refractivity contribution in [1.82, 2.24) is 15.0 Å². The van der Waals surface area contributed by atoms with Gasteiger partial charge in [0.25, 0.3) is 0 Å². The van der Waals surface area contributed by atoms with Gasteiger partial charge in [0.05, 0.1) is 12.2 Å². The quantitative estimate of drug-likeness (QED) is 0.810. The summed E-state index contributed by atoms with van der Waals surface area (Å²) >= 11 is 5.37. The van der Waals surface area contributed by atoms with Crippen LogP contribution >= 0.6 is 27.7 Å². The molecule has 0 amide bonds. The molecule has 1 atom stereocenters. The maximum absolute atomic E-state index is 4.21. The summed E-state index contributed by atoms with van der Waals surface area (Å²) in [5.41, 5.74) is 2.52. The van der Waals surface area contributed by atoms with Crippen LogP contribution < -0.4 is 0 Å². The number of nitrogens with zero attached hydrogens (tertiary/aromatic N) is 3. The van der Waals surface area contributed by atoms with Gasteiger partial charge in [0.2, 0.25) is 0 Å². The van der Waals surface area contributed by atoms with E-state index in [-0.39, 0.29) is 0 Å². The minimum Gasteiger partial charge on any atom is -0.252 e. The van der Waals surface area contributed by atoms with Crippen LogP contribution in [0.25, 0.3) is 0 Å². The van der Waals surface area contributed by atoms with Gasteiger partial charge in [-0.25, -0.2) is 0 Å². The number of hydrogen-bond acceptors (Lipinski definition) is 3. The van der Waals surface area contributed by atoms with Crippen LogP contribution in [-0.4, -0.2) is 26.1 Å². The summed E-state index contributed by atoms with van der Waals surface area (Å²) in [6, 6.07) is 8.67. The molecule has 2 aromatic rings. The zero-order valence-electron chi connectivity index (χ0n) is 9.92. The molecular formula is C13H14BrN3S. The van der Waals surface area contributed by atoms with Crippen LogP contribution in [0, 0.1) is 0 Å². The van der Waals surface area contributed by atoms with E-state index in [1.165, 1.54) is 10.5 Å². The first-order chi connectivity index (χ1) is 8.86. The number of rotatable bonds is 4. The molecule has 3 rings (SSSR count). The number of thioether (sulfide) groups is 1. The summed E-state index contributed by atoms with van der Waals surface area (Å²) in [7, 11) is 0. The monoisotopic (exact) mass is 323 g/mol. The van der Waals surface area contributed by atoms with E-state index < -0.39 is 0 Å². The van der Waals surface area contributed by atoms with Crippen LogP contribution in [0.3, 0.4) is 0 Å². The SMILES string of the molecule is BrCCc1cn(CC2CSc3ccccc32)nn1. The first-order valence-corrected chi connectivity index (χ1v) is 8.14. The minimum absolute atomic E-state index is 0.560. The molecule has 5 heteroatoms. The average Bonchev–Trinajstić information content (AvgIpc) is 2.99. The summed E-state index contributed by atoms with van der Waals surface area (Å²) in [5, 5.41) is 9.33. The zero-order valence-corrected chi connectivity index (χ0v) is 12.3. The third kappa shape index (κ3) is 2.47. The Morgan fingerprint density at radius 2 is 2.28 bits per heavy atom. The number of halogens is 1. The maximum Gasteiger partial charge on any atom is 0.0835 e. The molecule has 1 aromatic heterocycles. The van der Waals surface area contributed by atoms with E-state index in [1.54, 1.807) is 0 Å². The van der Waals surface area contributed by atoms with Crippen molar-refractivity contribution in [3.8, 4) is 0 Å². The lowest BCUT2D eigenvalue weighted by molar-refractivity contribution is 0.532. The van der Waals surface area contributed by atoms with Gasteiger partial charge in [0.15, 0.2) is 0 Å². The highest BCUT2D eigenvalue weighted by atomic mass is 79.9. The highest BCUT2D eigenvalue weighted by Crippen LogP contribution is 2.39. The Bertz CT molecular complexity index is 541.